The van der Waals surface area contributed by atoms with Gasteiger partial charge in [0.2, 0.25) is 5.91 Å². The highest BCUT2D eigenvalue weighted by Crippen LogP contribution is 2.34. The smallest absolute Gasteiger partial charge is 0.253 e. The lowest BCUT2D eigenvalue weighted by molar-refractivity contribution is -0.121. The van der Waals surface area contributed by atoms with Crippen molar-refractivity contribution in [1.82, 2.24) is 9.88 Å². The molecule has 1 aromatic heterocycles. The first-order chi connectivity index (χ1) is 16.6. The molecule has 7 heteroatoms. The Morgan fingerprint density at radius 3 is 2.35 bits per heavy atom. The number of carbonyl (C=O) groups excluding carboxylic acids is 2. The molecule has 2 fully saturated rings. The average Bonchev–Trinajstić information content (AvgIpc) is 2.89. The lowest BCUT2D eigenvalue weighted by atomic mass is 9.95. The molecule has 0 saturated carbocycles. The number of carbonyl (C=O) groups is 2. The van der Waals surface area contributed by atoms with Crippen LogP contribution in [0.25, 0.3) is 10.8 Å². The molecule has 0 radical (unpaired) electrons. The van der Waals surface area contributed by atoms with Gasteiger partial charge in [0.25, 0.3) is 5.91 Å². The van der Waals surface area contributed by atoms with Gasteiger partial charge < -0.3 is 15.1 Å². The molecule has 6 nitrogen and oxygen atoms in total. The predicted octanol–water partition coefficient (Wildman–Crippen LogP) is 4.86. The molecular formula is C27H29FN4O2. The molecule has 0 unspecified atom stereocenters. The van der Waals surface area contributed by atoms with Crippen LogP contribution in [-0.4, -0.2) is 47.9 Å². The third-order valence-corrected chi connectivity index (χ3v) is 6.99. The van der Waals surface area contributed by atoms with Gasteiger partial charge in [0.1, 0.15) is 5.82 Å². The molecule has 3 heterocycles. The van der Waals surface area contributed by atoms with Gasteiger partial charge >= 0.3 is 0 Å². The molecule has 3 aromatic rings. The van der Waals surface area contributed by atoms with Crippen molar-refractivity contribution < 1.29 is 14.0 Å². The molecule has 176 valence electrons. The number of nitrogens with zero attached hydrogens (tertiary/aromatic N) is 3. The van der Waals surface area contributed by atoms with E-state index in [0.717, 1.165) is 29.5 Å². The SMILES string of the molecule is O=C(Nc1ccc(N2CCCCC2)c2ccncc12)C1CCN(C(=O)c2ccc(F)cc2)CC1. The number of likely N-dealkylation sites (tertiary alicyclic amines) is 1. The van der Waals surface area contributed by atoms with Crippen LogP contribution in [0.4, 0.5) is 15.8 Å². The molecule has 0 spiro atoms. The maximum atomic E-state index is 13.2. The van der Waals surface area contributed by atoms with E-state index in [4.69, 9.17) is 0 Å². The molecule has 34 heavy (non-hydrogen) atoms. The van der Waals surface area contributed by atoms with E-state index in [1.54, 1.807) is 11.1 Å². The number of rotatable bonds is 4. The Kier molecular flexibility index (Phi) is 6.43. The number of benzene rings is 2. The Bertz CT molecular complexity index is 1180. The second-order valence-electron chi connectivity index (χ2n) is 9.16. The maximum Gasteiger partial charge on any atom is 0.253 e. The number of pyridine rings is 1. The highest BCUT2D eigenvalue weighted by Gasteiger charge is 2.28. The first-order valence-electron chi connectivity index (χ1n) is 12.1. The number of fused-ring (bicyclic) bond motifs is 1. The van der Waals surface area contributed by atoms with Gasteiger partial charge in [-0.15, -0.1) is 0 Å². The Morgan fingerprint density at radius 2 is 1.62 bits per heavy atom. The van der Waals surface area contributed by atoms with Crippen LogP contribution >= 0.6 is 0 Å². The molecule has 0 aliphatic carbocycles. The molecule has 2 saturated heterocycles. The molecule has 2 aromatic carbocycles. The zero-order valence-corrected chi connectivity index (χ0v) is 19.2. The second kappa shape index (κ2) is 9.79. The predicted molar refractivity (Wildman–Crippen MR) is 131 cm³/mol. The first kappa shape index (κ1) is 22.3. The summed E-state index contributed by atoms with van der Waals surface area (Å²) in [5.41, 5.74) is 2.44. The van der Waals surface area contributed by atoms with E-state index in [2.05, 4.69) is 21.3 Å². The van der Waals surface area contributed by atoms with Crippen LogP contribution in [0.5, 0.6) is 0 Å². The third-order valence-electron chi connectivity index (χ3n) is 6.99. The Labute approximate surface area is 198 Å². The van der Waals surface area contributed by atoms with Crippen molar-refractivity contribution >= 4 is 34.0 Å². The van der Waals surface area contributed by atoms with Crippen LogP contribution in [-0.2, 0) is 4.79 Å². The van der Waals surface area contributed by atoms with Crippen LogP contribution in [0.3, 0.4) is 0 Å². The maximum absolute atomic E-state index is 13.2. The molecule has 0 bridgehead atoms. The van der Waals surface area contributed by atoms with Gasteiger partial charge in [0, 0.05) is 66.5 Å². The number of piperidine rings is 2. The van der Waals surface area contributed by atoms with E-state index in [0.29, 0.717) is 31.5 Å². The van der Waals surface area contributed by atoms with Crippen LogP contribution in [0.1, 0.15) is 42.5 Å². The van der Waals surface area contributed by atoms with Gasteiger partial charge in [-0.3, -0.25) is 14.6 Å². The fraction of sp³-hybridized carbons (Fsp3) is 0.370. The summed E-state index contributed by atoms with van der Waals surface area (Å²) in [6.07, 6.45) is 8.50. The highest BCUT2D eigenvalue weighted by molar-refractivity contribution is 6.07. The number of amides is 2. The van der Waals surface area contributed by atoms with Crippen molar-refractivity contribution in [3.8, 4) is 0 Å². The molecule has 0 atom stereocenters. The molecule has 1 N–H and O–H groups in total. The average molecular weight is 461 g/mol. The molecule has 5 rings (SSSR count). The normalized spacial score (nSPS) is 17.1. The zero-order chi connectivity index (χ0) is 23.5. The zero-order valence-electron chi connectivity index (χ0n) is 19.2. The van der Waals surface area contributed by atoms with E-state index in [9.17, 15) is 14.0 Å². The fourth-order valence-electron chi connectivity index (χ4n) is 5.05. The summed E-state index contributed by atoms with van der Waals surface area (Å²) in [7, 11) is 0. The summed E-state index contributed by atoms with van der Waals surface area (Å²) in [5.74, 6) is -0.668. The van der Waals surface area contributed by atoms with Crippen molar-refractivity contribution in [1.29, 1.82) is 0 Å². The minimum absolute atomic E-state index is 0.0234. The Morgan fingerprint density at radius 1 is 0.882 bits per heavy atom. The Balaban J connectivity index is 1.25. The van der Waals surface area contributed by atoms with Crippen LogP contribution in [0.2, 0.25) is 0 Å². The third kappa shape index (κ3) is 4.60. The lowest BCUT2D eigenvalue weighted by Crippen LogP contribution is -2.41. The minimum Gasteiger partial charge on any atom is -0.371 e. The highest BCUT2D eigenvalue weighted by atomic mass is 19.1. The topological polar surface area (TPSA) is 65.5 Å². The van der Waals surface area contributed by atoms with Crippen LogP contribution in [0, 0.1) is 11.7 Å². The largest absolute Gasteiger partial charge is 0.371 e. The van der Waals surface area contributed by atoms with Crippen molar-refractivity contribution in [2.24, 2.45) is 5.92 Å². The minimum atomic E-state index is -0.362. The van der Waals surface area contributed by atoms with Gasteiger partial charge in [-0.1, -0.05) is 0 Å². The second-order valence-corrected chi connectivity index (χ2v) is 9.16. The summed E-state index contributed by atoms with van der Waals surface area (Å²) >= 11 is 0. The molecule has 2 aliphatic heterocycles. The van der Waals surface area contributed by atoms with Gasteiger partial charge in [0.05, 0.1) is 5.69 Å². The van der Waals surface area contributed by atoms with Crippen molar-refractivity contribution in [2.45, 2.75) is 32.1 Å². The van der Waals surface area contributed by atoms with Gasteiger partial charge in [0.15, 0.2) is 0 Å². The summed E-state index contributed by atoms with van der Waals surface area (Å²) in [4.78, 5) is 34.2. The summed E-state index contributed by atoms with van der Waals surface area (Å²) in [6, 6.07) is 11.7. The van der Waals surface area contributed by atoms with E-state index < -0.39 is 0 Å². The van der Waals surface area contributed by atoms with E-state index in [1.165, 1.54) is 49.2 Å². The number of hydrogen-bond acceptors (Lipinski definition) is 4. The standard InChI is InChI=1S/C27H29FN4O2/c28-21-6-4-20(5-7-21)27(34)32-16-11-19(12-17-32)26(33)30-24-8-9-25(31-14-2-1-3-15-31)22-10-13-29-18-23(22)24/h4-10,13,18-19H,1-3,11-12,14-17H2,(H,30,33). The van der Waals surface area contributed by atoms with Gasteiger partial charge in [-0.25, -0.2) is 4.39 Å². The lowest BCUT2D eigenvalue weighted by Gasteiger charge is -2.32. The monoisotopic (exact) mass is 460 g/mol. The van der Waals surface area contributed by atoms with Crippen LogP contribution in [0.15, 0.2) is 54.9 Å². The number of nitrogens with one attached hydrogen (secondary N) is 1. The van der Waals surface area contributed by atoms with Crippen LogP contribution < -0.4 is 10.2 Å². The van der Waals surface area contributed by atoms with Crippen molar-refractivity contribution in [2.75, 3.05) is 36.4 Å². The number of hydrogen-bond donors (Lipinski definition) is 1. The summed E-state index contributed by atoms with van der Waals surface area (Å²) in [6.45, 7) is 3.12. The molecule has 2 aliphatic rings. The Hall–Kier alpha value is -3.48. The number of aromatic nitrogens is 1. The quantitative estimate of drug-likeness (QED) is 0.604. The van der Waals surface area contributed by atoms with Crippen molar-refractivity contribution in [3.63, 3.8) is 0 Å². The van der Waals surface area contributed by atoms with Crippen molar-refractivity contribution in [3.05, 3.63) is 66.2 Å². The van der Waals surface area contributed by atoms with Gasteiger partial charge in [-0.2, -0.15) is 0 Å². The molecule has 2 amide bonds. The van der Waals surface area contributed by atoms with E-state index in [-0.39, 0.29) is 23.5 Å². The number of halogens is 1. The summed E-state index contributed by atoms with van der Waals surface area (Å²) < 4.78 is 13.2. The van der Waals surface area contributed by atoms with E-state index >= 15 is 0 Å². The summed E-state index contributed by atoms with van der Waals surface area (Å²) in [5, 5.41) is 5.18. The van der Waals surface area contributed by atoms with E-state index in [1.807, 2.05) is 18.3 Å². The first-order valence-corrected chi connectivity index (χ1v) is 12.1. The molecular weight excluding hydrogens is 431 g/mol. The fourth-order valence-corrected chi connectivity index (χ4v) is 5.05. The number of anilines is 2. The van der Waals surface area contributed by atoms with Gasteiger partial charge in [-0.05, 0) is 74.6 Å².